The normalized spacial score (nSPS) is 23.3. The van der Waals surface area contributed by atoms with Crippen molar-refractivity contribution in [2.45, 2.75) is 254 Å². The number of carbonyl (C=O) groups excluding carboxylic acids is 4. The third-order valence-corrected chi connectivity index (χ3v) is 26.0. The van der Waals surface area contributed by atoms with Crippen molar-refractivity contribution in [3.05, 3.63) is 206 Å². The number of likely N-dealkylation sites (tertiary alicyclic amines) is 4. The molecule has 4 amide bonds. The van der Waals surface area contributed by atoms with Crippen LogP contribution in [0.4, 0.5) is 30.6 Å². The van der Waals surface area contributed by atoms with Gasteiger partial charge in [0.15, 0.2) is 25.2 Å². The van der Waals surface area contributed by atoms with Crippen LogP contribution in [0.25, 0.3) is 0 Å². The average Bonchev–Trinajstić information content (AvgIpc) is 1.78. The highest BCUT2D eigenvalue weighted by Crippen LogP contribution is 2.32. The quantitative estimate of drug-likeness (QED) is 0.0418. The van der Waals surface area contributed by atoms with E-state index in [1.54, 1.807) is 28.2 Å². The number of ether oxygens (including phenoxy) is 13. The number of halogens is 6. The monoisotopic (exact) mass is 2220 g/mol. The molecule has 11 fully saturated rings. The summed E-state index contributed by atoms with van der Waals surface area (Å²) >= 11 is 10.2. The first kappa shape index (κ1) is 121. The third-order valence-electron chi connectivity index (χ3n) is 23.2. The van der Waals surface area contributed by atoms with Crippen molar-refractivity contribution in [2.75, 3.05) is 142 Å². The molecule has 12 aliphatic heterocycles. The fraction of sp³-hybridized carbons (Fsp3) is 0.584. The number of anilines is 2. The number of nitrogens with zero attached hydrogens (tertiary/aromatic N) is 6. The molecule has 6 aromatic rings. The standard InChI is InChI=1S/2C17H23NO4.C15H20BrNO2.C15H20ClNO4S.C12H15NO3.C9H17NO3.C6H4Br2.C5H8O.C4H9NO.CH4O.2ClH.H2O/c2*19-17(21-13-14-6-2-1-3-7-14)18-10-9-15(12-18)22-16-8-4-5-11-20-16;16-12-4-3-5-13(10-12)17-8-7-14(11-17)19-15-6-1-2-9-18-15;16-22(18,19)14-5-3-4-12(10-14)17-8-7-13(11-17)21-15-6-1-2-9-20-15;14-11-6-7-13(8-11)12(15)16-9-10-4-2-1-3-5-10;1-9(2,3)13-8(12)10-5-4-7(11)6-10;7-5-2-1-3-6(8)4-5;1-2-4-6-5-3-1;6-4-1-2-5-3-4;1-2;;;/h2*1-3,6-7,15-16H,4-5,8-13H2;3-5,10,14-15H,1-2,6-9,11H2;3-5,10,13,15H,1-2,6-9,11H2;1-5,11,14H,6-9H2;7,11H,4-6H2,1-3H3;1-4H;2,4H,1,3,5H2;4-6H,1-3H2;2H,1H3;2*1H;1H2. The molecule has 7 N–H and O–H groups in total. The summed E-state index contributed by atoms with van der Waals surface area (Å²) in [5, 5.41) is 37.2. The van der Waals surface area contributed by atoms with Crippen molar-refractivity contribution in [1.82, 2.24) is 24.9 Å². The zero-order valence-corrected chi connectivity index (χ0v) is 88.4. The van der Waals surface area contributed by atoms with Gasteiger partial charge in [0.1, 0.15) is 25.4 Å². The van der Waals surface area contributed by atoms with Crippen molar-refractivity contribution in [3.8, 4) is 0 Å². The maximum Gasteiger partial charge on any atom is 0.410 e. The molecule has 38 heteroatoms. The summed E-state index contributed by atoms with van der Waals surface area (Å²) in [6.07, 6.45) is 23.5. The molecule has 11 saturated heterocycles. The molecule has 0 saturated carbocycles. The van der Waals surface area contributed by atoms with E-state index in [2.05, 4.69) is 87.2 Å². The minimum atomic E-state index is -3.70. The largest absolute Gasteiger partial charge is 0.502 e. The van der Waals surface area contributed by atoms with E-state index in [0.717, 1.165) is 212 Å². The minimum absolute atomic E-state index is 0. The van der Waals surface area contributed by atoms with Gasteiger partial charge < -0.3 is 122 Å². The fourth-order valence-corrected chi connectivity index (χ4v) is 18.2. The number of hydrogen-bond acceptors (Lipinski definition) is 26. The first-order chi connectivity index (χ1) is 65.8. The Bertz CT molecular complexity index is 4390. The lowest BCUT2D eigenvalue weighted by atomic mass is 10.2. The topological polar surface area (TPSA) is 366 Å². The number of β-amino-alcohol motifs (C(OH)–C–C–N with tert-alkyl or cyclic N) is 3. The Morgan fingerprint density at radius 2 is 0.777 bits per heavy atom. The van der Waals surface area contributed by atoms with Crippen LogP contribution in [-0.4, -0.2) is 284 Å². The second kappa shape index (κ2) is 67.8. The molecule has 778 valence electrons. The second-order valence-corrected chi connectivity index (χ2v) is 40.7. The summed E-state index contributed by atoms with van der Waals surface area (Å²) < 4.78 is 98.4. The van der Waals surface area contributed by atoms with Gasteiger partial charge in [-0.05, 0) is 240 Å². The average molecular weight is 2220 g/mol. The van der Waals surface area contributed by atoms with E-state index in [1.165, 1.54) is 47.2 Å². The van der Waals surface area contributed by atoms with Crippen molar-refractivity contribution < 1.29 is 115 Å². The molecular weight excluding hydrogens is 2070 g/mol. The summed E-state index contributed by atoms with van der Waals surface area (Å²) in [7, 11) is 2.71. The van der Waals surface area contributed by atoms with Crippen LogP contribution in [0.15, 0.2) is 194 Å². The predicted molar refractivity (Wildman–Crippen MR) is 550 cm³/mol. The first-order valence-electron chi connectivity index (χ1n) is 47.9. The van der Waals surface area contributed by atoms with E-state index >= 15 is 0 Å². The van der Waals surface area contributed by atoms with Crippen LogP contribution in [-0.2, 0) is 90.5 Å². The lowest BCUT2D eigenvalue weighted by Gasteiger charge is -2.26. The van der Waals surface area contributed by atoms with Crippen molar-refractivity contribution in [2.24, 2.45) is 0 Å². The van der Waals surface area contributed by atoms with Gasteiger partial charge in [0.05, 0.1) is 73.6 Å². The summed E-state index contributed by atoms with van der Waals surface area (Å²) in [5.41, 5.74) is 4.64. The highest BCUT2D eigenvalue weighted by Gasteiger charge is 2.36. The van der Waals surface area contributed by atoms with Crippen LogP contribution in [0.3, 0.4) is 0 Å². The molecule has 6 aromatic carbocycles. The molecule has 11 unspecified atom stereocenters. The van der Waals surface area contributed by atoms with E-state index in [9.17, 15) is 37.8 Å². The first-order valence-corrected chi connectivity index (χ1v) is 52.6. The summed E-state index contributed by atoms with van der Waals surface area (Å²) in [4.78, 5) is 58.3. The van der Waals surface area contributed by atoms with Crippen molar-refractivity contribution in [1.29, 1.82) is 0 Å². The molecule has 31 nitrogen and oxygen atoms in total. The maximum absolute atomic E-state index is 12.1. The number of amides is 4. The van der Waals surface area contributed by atoms with Gasteiger partial charge in [0, 0.05) is 141 Å². The van der Waals surface area contributed by atoms with Crippen LogP contribution in [0.2, 0.25) is 0 Å². The number of allylic oxidation sites excluding steroid dienone is 1. The highest BCUT2D eigenvalue weighted by molar-refractivity contribution is 9.11. The zero-order valence-electron chi connectivity index (χ0n) is 80.5. The van der Waals surface area contributed by atoms with Gasteiger partial charge in [-0.3, -0.25) is 0 Å². The van der Waals surface area contributed by atoms with E-state index in [-0.39, 0.29) is 122 Å². The molecule has 12 heterocycles. The van der Waals surface area contributed by atoms with E-state index in [0.29, 0.717) is 84.5 Å². The summed E-state index contributed by atoms with van der Waals surface area (Å²) in [6, 6.07) is 52.1. The van der Waals surface area contributed by atoms with E-state index in [1.807, 2.05) is 148 Å². The molecule has 0 aromatic heterocycles. The molecule has 12 aliphatic rings. The lowest BCUT2D eigenvalue weighted by Crippen LogP contribution is -2.35. The molecule has 139 heavy (non-hydrogen) atoms. The Labute approximate surface area is 863 Å². The zero-order chi connectivity index (χ0) is 97.1. The van der Waals surface area contributed by atoms with Gasteiger partial charge in [0.25, 0.3) is 9.05 Å². The predicted octanol–water partition coefficient (Wildman–Crippen LogP) is 18.1. The molecule has 0 radical (unpaired) electrons. The van der Waals surface area contributed by atoms with Gasteiger partial charge in [0.2, 0.25) is 0 Å². The van der Waals surface area contributed by atoms with E-state index < -0.39 is 20.8 Å². The summed E-state index contributed by atoms with van der Waals surface area (Å²) in [6.45, 7) is 20.4. The van der Waals surface area contributed by atoms with Crippen molar-refractivity contribution in [3.63, 3.8) is 0 Å². The van der Waals surface area contributed by atoms with Crippen LogP contribution < -0.4 is 15.1 Å². The van der Waals surface area contributed by atoms with Crippen LogP contribution in [0.5, 0.6) is 0 Å². The Hall–Kier alpha value is -6.76. The Kier molecular flexibility index (Phi) is 59.0. The van der Waals surface area contributed by atoms with Crippen LogP contribution in [0, 0.1) is 0 Å². The number of aliphatic hydroxyl groups is 4. The fourth-order valence-electron chi connectivity index (χ4n) is 16.0. The highest BCUT2D eigenvalue weighted by atomic mass is 79.9. The number of aliphatic hydroxyl groups excluding tert-OH is 4. The van der Waals surface area contributed by atoms with Gasteiger partial charge in [-0.25, -0.2) is 27.6 Å². The van der Waals surface area contributed by atoms with E-state index in [4.69, 9.17) is 82.5 Å². The molecule has 0 spiro atoms. The smallest absolute Gasteiger partial charge is 0.410 e. The Balaban J connectivity index is 0.000000245. The summed E-state index contributed by atoms with van der Waals surface area (Å²) in [5.74, 6) is 0. The molecule has 18 rings (SSSR count). The minimum Gasteiger partial charge on any atom is -0.502 e. The Morgan fingerprint density at radius 3 is 1.07 bits per heavy atom. The van der Waals surface area contributed by atoms with Gasteiger partial charge >= 0.3 is 24.4 Å². The number of rotatable bonds is 17. The molecule has 0 bridgehead atoms. The number of carbonyl (C=O) groups is 4. The Morgan fingerprint density at radius 1 is 0.417 bits per heavy atom. The van der Waals surface area contributed by atoms with Crippen LogP contribution in [0.1, 0.15) is 172 Å². The van der Waals surface area contributed by atoms with Gasteiger partial charge in [-0.15, -0.1) is 24.8 Å². The number of nitrogens with one attached hydrogen (secondary N) is 1. The molecule has 0 aliphatic carbocycles. The van der Waals surface area contributed by atoms with Crippen molar-refractivity contribution >= 4 is 128 Å². The number of benzene rings is 6. The van der Waals surface area contributed by atoms with Gasteiger partial charge in [-0.2, -0.15) is 0 Å². The third kappa shape index (κ3) is 48.7. The van der Waals surface area contributed by atoms with Crippen LogP contribution >= 0.6 is 83.3 Å². The lowest BCUT2D eigenvalue weighted by molar-refractivity contribution is -0.185. The number of hydrogen-bond donors (Lipinski definition) is 5. The van der Waals surface area contributed by atoms with Gasteiger partial charge in [-0.1, -0.05) is 157 Å². The molecule has 11 atom stereocenters. The second-order valence-electron chi connectivity index (χ2n) is 35.4. The maximum atomic E-state index is 12.1. The SMILES string of the molecule is Brc1cccc(Br)c1.Brc1cccc(N2CCC(OC3CCCCO3)C2)c1.C1=COCCC1.CC(C)(C)OC(=O)N1CCC(O)C1.CO.Cl.Cl.O.O=C(OCc1ccccc1)N1CCC(O)C1.O=C(OCc1ccccc1)N1CCC(OC2CCCCO2)C1.O=C(OCc1ccccc1)N1CCC(OC2CCCCO2)C1.O=S(=O)(Cl)c1cccc(N2CCC(OC3CCCCO3)C2)c1.OC1CCNC1. The molecular formula is C101H147Br3Cl3N7O24S.